The minimum absolute atomic E-state index is 0.404. The summed E-state index contributed by atoms with van der Waals surface area (Å²) in [6.07, 6.45) is 1.71. The van der Waals surface area contributed by atoms with E-state index in [-0.39, 0.29) is 0 Å². The van der Waals surface area contributed by atoms with Gasteiger partial charge in [-0.15, -0.1) is 0 Å². The van der Waals surface area contributed by atoms with Crippen molar-refractivity contribution in [2.75, 3.05) is 6.54 Å². The van der Waals surface area contributed by atoms with Crippen LogP contribution in [-0.2, 0) is 6.42 Å². The number of carbonyl (C=O) groups excluding carboxylic acids is 2. The van der Waals surface area contributed by atoms with Gasteiger partial charge in [-0.3, -0.25) is 10.2 Å². The third-order valence-electron chi connectivity index (χ3n) is 3.35. The van der Waals surface area contributed by atoms with Gasteiger partial charge in [-0.25, -0.2) is 10.2 Å². The molecule has 0 aliphatic heterocycles. The van der Waals surface area contributed by atoms with E-state index in [1.165, 1.54) is 5.56 Å². The molecule has 2 rings (SSSR count). The van der Waals surface area contributed by atoms with Gasteiger partial charge in [0.05, 0.1) is 5.56 Å². The Morgan fingerprint density at radius 1 is 1.09 bits per heavy atom. The Bertz CT molecular complexity index is 665. The number of nitrogens with one attached hydrogen (secondary N) is 3. The van der Waals surface area contributed by atoms with Crippen LogP contribution in [0.2, 0.25) is 0 Å². The van der Waals surface area contributed by atoms with Crippen molar-refractivity contribution >= 4 is 11.9 Å². The minimum Gasteiger partial charge on any atom is -0.466 e. The molecule has 0 radical (unpaired) electrons. The number of benzene rings is 1. The van der Waals surface area contributed by atoms with E-state index in [0.29, 0.717) is 23.6 Å². The van der Waals surface area contributed by atoms with Crippen LogP contribution in [0.25, 0.3) is 0 Å². The standard InChI is InChI=1S/C17H21N3O3/c1-12-11-15(13(2)23-12)16(21)19-20-17(22)18-10-6-9-14-7-4-3-5-8-14/h3-5,7-8,11H,6,9-10H2,1-2H3,(H,19,21)(H2,18,20,22). The third kappa shape index (κ3) is 5.18. The molecular weight excluding hydrogens is 294 g/mol. The Morgan fingerprint density at radius 2 is 1.83 bits per heavy atom. The fraction of sp³-hybridized carbons (Fsp3) is 0.294. The topological polar surface area (TPSA) is 83.4 Å². The largest absolute Gasteiger partial charge is 0.466 e. The van der Waals surface area contributed by atoms with Crippen molar-refractivity contribution in [3.05, 3.63) is 59.0 Å². The molecule has 6 nitrogen and oxygen atoms in total. The van der Waals surface area contributed by atoms with Gasteiger partial charge in [0, 0.05) is 6.54 Å². The number of furan rings is 1. The maximum Gasteiger partial charge on any atom is 0.333 e. The zero-order valence-corrected chi connectivity index (χ0v) is 13.3. The molecular formula is C17H21N3O3. The average molecular weight is 315 g/mol. The van der Waals surface area contributed by atoms with E-state index < -0.39 is 11.9 Å². The number of hydrogen-bond acceptors (Lipinski definition) is 3. The second kappa shape index (κ2) is 8.03. The van der Waals surface area contributed by atoms with Crippen LogP contribution in [0.1, 0.15) is 33.9 Å². The molecule has 0 aliphatic carbocycles. The molecule has 0 aliphatic rings. The zero-order chi connectivity index (χ0) is 16.7. The maximum atomic E-state index is 11.9. The Hall–Kier alpha value is -2.76. The number of aryl methyl sites for hydroxylation is 3. The summed E-state index contributed by atoms with van der Waals surface area (Å²) < 4.78 is 5.27. The van der Waals surface area contributed by atoms with Crippen molar-refractivity contribution in [1.29, 1.82) is 0 Å². The van der Waals surface area contributed by atoms with Gasteiger partial charge in [-0.05, 0) is 38.3 Å². The van der Waals surface area contributed by atoms with Crippen molar-refractivity contribution in [2.45, 2.75) is 26.7 Å². The highest BCUT2D eigenvalue weighted by atomic mass is 16.3. The first-order valence-electron chi connectivity index (χ1n) is 7.51. The lowest BCUT2D eigenvalue weighted by atomic mass is 10.1. The van der Waals surface area contributed by atoms with Crippen LogP contribution in [0, 0.1) is 13.8 Å². The van der Waals surface area contributed by atoms with Crippen molar-refractivity contribution in [1.82, 2.24) is 16.2 Å². The van der Waals surface area contributed by atoms with Crippen LogP contribution in [0.3, 0.4) is 0 Å². The van der Waals surface area contributed by atoms with Gasteiger partial charge in [0.25, 0.3) is 5.91 Å². The lowest BCUT2D eigenvalue weighted by Gasteiger charge is -2.08. The monoisotopic (exact) mass is 315 g/mol. The Balaban J connectivity index is 1.65. The predicted molar refractivity (Wildman–Crippen MR) is 86.9 cm³/mol. The highest BCUT2D eigenvalue weighted by Gasteiger charge is 2.13. The van der Waals surface area contributed by atoms with Gasteiger partial charge in [0.1, 0.15) is 11.5 Å². The molecule has 0 bridgehead atoms. The number of rotatable bonds is 5. The van der Waals surface area contributed by atoms with Gasteiger partial charge in [0.15, 0.2) is 0 Å². The minimum atomic E-state index is -0.440. The second-order valence-electron chi connectivity index (χ2n) is 5.25. The molecule has 1 aromatic carbocycles. The van der Waals surface area contributed by atoms with Crippen molar-refractivity contribution in [3.8, 4) is 0 Å². The fourth-order valence-electron chi connectivity index (χ4n) is 2.22. The van der Waals surface area contributed by atoms with Gasteiger partial charge < -0.3 is 9.73 Å². The van der Waals surface area contributed by atoms with E-state index in [1.807, 2.05) is 18.2 Å². The van der Waals surface area contributed by atoms with Crippen LogP contribution in [0.5, 0.6) is 0 Å². The van der Waals surface area contributed by atoms with Crippen LogP contribution < -0.4 is 16.2 Å². The first-order chi connectivity index (χ1) is 11.1. The Kier molecular flexibility index (Phi) is 5.80. The summed E-state index contributed by atoms with van der Waals surface area (Å²) in [5.41, 5.74) is 6.31. The first kappa shape index (κ1) is 16.6. The number of hydrazine groups is 1. The summed E-state index contributed by atoms with van der Waals surface area (Å²) in [4.78, 5) is 23.5. The fourth-order valence-corrected chi connectivity index (χ4v) is 2.22. The molecule has 0 saturated heterocycles. The molecule has 1 heterocycles. The Labute approximate surface area is 135 Å². The average Bonchev–Trinajstić information content (AvgIpc) is 2.89. The first-order valence-corrected chi connectivity index (χ1v) is 7.51. The number of amides is 3. The number of hydrogen-bond donors (Lipinski definition) is 3. The van der Waals surface area contributed by atoms with E-state index in [9.17, 15) is 9.59 Å². The van der Waals surface area contributed by atoms with Crippen molar-refractivity contribution < 1.29 is 14.0 Å². The Morgan fingerprint density at radius 3 is 2.48 bits per heavy atom. The molecule has 3 amide bonds. The quantitative estimate of drug-likeness (QED) is 0.585. The number of carbonyl (C=O) groups is 2. The molecule has 2 aromatic rings. The van der Waals surface area contributed by atoms with Gasteiger partial charge in [-0.1, -0.05) is 30.3 Å². The molecule has 1 aromatic heterocycles. The summed E-state index contributed by atoms with van der Waals surface area (Å²) in [6.45, 7) is 3.99. The summed E-state index contributed by atoms with van der Waals surface area (Å²) in [6, 6.07) is 11.2. The zero-order valence-electron chi connectivity index (χ0n) is 13.3. The van der Waals surface area contributed by atoms with E-state index in [1.54, 1.807) is 19.9 Å². The molecule has 122 valence electrons. The summed E-state index contributed by atoms with van der Waals surface area (Å²) in [7, 11) is 0. The lowest BCUT2D eigenvalue weighted by molar-refractivity contribution is 0.0934. The normalized spacial score (nSPS) is 10.2. The molecule has 0 fully saturated rings. The molecule has 23 heavy (non-hydrogen) atoms. The summed E-state index contributed by atoms with van der Waals surface area (Å²) >= 11 is 0. The lowest BCUT2D eigenvalue weighted by Crippen LogP contribution is -2.47. The van der Waals surface area contributed by atoms with Crippen LogP contribution in [0.4, 0.5) is 4.79 Å². The molecule has 6 heteroatoms. The van der Waals surface area contributed by atoms with E-state index in [4.69, 9.17) is 4.42 Å². The molecule has 0 atom stereocenters. The van der Waals surface area contributed by atoms with Gasteiger partial charge in [0.2, 0.25) is 0 Å². The molecule has 0 spiro atoms. The van der Waals surface area contributed by atoms with E-state index in [0.717, 1.165) is 12.8 Å². The highest BCUT2D eigenvalue weighted by Crippen LogP contribution is 2.12. The SMILES string of the molecule is Cc1cc(C(=O)NNC(=O)NCCCc2ccccc2)c(C)o1. The summed E-state index contributed by atoms with van der Waals surface area (Å²) in [5, 5.41) is 2.69. The predicted octanol–water partition coefficient (Wildman–Crippen LogP) is 2.47. The molecule has 0 saturated carbocycles. The van der Waals surface area contributed by atoms with Gasteiger partial charge in [-0.2, -0.15) is 0 Å². The third-order valence-corrected chi connectivity index (χ3v) is 3.35. The summed E-state index contributed by atoms with van der Waals surface area (Å²) in [5.74, 6) is 0.766. The molecule has 3 N–H and O–H groups in total. The van der Waals surface area contributed by atoms with Crippen molar-refractivity contribution in [3.63, 3.8) is 0 Å². The van der Waals surface area contributed by atoms with E-state index >= 15 is 0 Å². The highest BCUT2D eigenvalue weighted by molar-refractivity contribution is 5.96. The van der Waals surface area contributed by atoms with Gasteiger partial charge >= 0.3 is 6.03 Å². The smallest absolute Gasteiger partial charge is 0.333 e. The number of urea groups is 1. The molecule has 0 unspecified atom stereocenters. The van der Waals surface area contributed by atoms with Crippen LogP contribution in [-0.4, -0.2) is 18.5 Å². The van der Waals surface area contributed by atoms with Crippen LogP contribution >= 0.6 is 0 Å². The van der Waals surface area contributed by atoms with Crippen molar-refractivity contribution in [2.24, 2.45) is 0 Å². The second-order valence-corrected chi connectivity index (χ2v) is 5.25. The maximum absolute atomic E-state index is 11.9. The van der Waals surface area contributed by atoms with E-state index in [2.05, 4.69) is 28.3 Å². The van der Waals surface area contributed by atoms with Crippen LogP contribution in [0.15, 0.2) is 40.8 Å².